The first-order valence-electron chi connectivity index (χ1n) is 7.16. The minimum absolute atomic E-state index is 0.0112. The maximum atomic E-state index is 9.52. The van der Waals surface area contributed by atoms with Crippen LogP contribution in [0.5, 0.6) is 0 Å². The molecule has 0 saturated carbocycles. The van der Waals surface area contributed by atoms with Crippen molar-refractivity contribution in [2.75, 3.05) is 0 Å². The lowest BCUT2D eigenvalue weighted by Crippen LogP contribution is -1.99. The predicted molar refractivity (Wildman–Crippen MR) is 101 cm³/mol. The van der Waals surface area contributed by atoms with Gasteiger partial charge < -0.3 is 9.42 Å². The average Bonchev–Trinajstić information content (AvgIpc) is 3.06. The van der Waals surface area contributed by atoms with Gasteiger partial charge in [-0.25, -0.2) is 0 Å². The summed E-state index contributed by atoms with van der Waals surface area (Å²) >= 11 is 6.25. The third-order valence-corrected chi connectivity index (χ3v) is 6.73. The van der Waals surface area contributed by atoms with Crippen LogP contribution in [0.15, 0.2) is 48.6 Å². The van der Waals surface area contributed by atoms with Gasteiger partial charge in [0, 0.05) is 5.25 Å². The van der Waals surface area contributed by atoms with Crippen LogP contribution < -0.4 is 0 Å². The SMILES string of the molecule is C1=CCC=C1.C1=CCC=C1.CC(C)OP(O)(=S)SC(C)C. The first kappa shape index (κ1) is 20.9. The van der Waals surface area contributed by atoms with E-state index in [1.165, 1.54) is 11.4 Å². The quantitative estimate of drug-likeness (QED) is 0.654. The van der Waals surface area contributed by atoms with Gasteiger partial charge in [-0.05, 0) is 38.5 Å². The molecule has 0 radical (unpaired) electrons. The van der Waals surface area contributed by atoms with E-state index in [0.717, 1.165) is 12.8 Å². The van der Waals surface area contributed by atoms with Crippen LogP contribution in [0.25, 0.3) is 0 Å². The van der Waals surface area contributed by atoms with Gasteiger partial charge in [0.25, 0.3) is 0 Å². The number of allylic oxidation sites excluding steroid dienone is 8. The van der Waals surface area contributed by atoms with E-state index in [1.54, 1.807) is 0 Å². The van der Waals surface area contributed by atoms with Crippen molar-refractivity contribution in [3.05, 3.63) is 48.6 Å². The van der Waals surface area contributed by atoms with Crippen molar-refractivity contribution in [2.45, 2.75) is 51.9 Å². The summed E-state index contributed by atoms with van der Waals surface area (Å²) in [7, 11) is 0. The molecule has 0 spiro atoms. The van der Waals surface area contributed by atoms with E-state index < -0.39 is 5.69 Å². The molecule has 1 N–H and O–H groups in total. The molecule has 0 amide bonds. The first-order valence-corrected chi connectivity index (χ1v) is 11.3. The van der Waals surface area contributed by atoms with E-state index in [-0.39, 0.29) is 6.10 Å². The lowest BCUT2D eigenvalue weighted by atomic mass is 10.5. The van der Waals surface area contributed by atoms with Gasteiger partial charge in [0.2, 0.25) is 5.69 Å². The molecule has 0 heterocycles. The molecule has 1 unspecified atom stereocenters. The Morgan fingerprint density at radius 2 is 1.33 bits per heavy atom. The molecule has 0 saturated heterocycles. The number of hydrogen-bond acceptors (Lipinski definition) is 3. The van der Waals surface area contributed by atoms with E-state index >= 15 is 0 Å². The monoisotopic (exact) mass is 346 g/mol. The van der Waals surface area contributed by atoms with Crippen LogP contribution in [0.4, 0.5) is 0 Å². The summed E-state index contributed by atoms with van der Waals surface area (Å²) in [6.07, 6.45) is 19.0. The van der Waals surface area contributed by atoms with Crippen LogP contribution in [0.3, 0.4) is 0 Å². The van der Waals surface area contributed by atoms with Crippen LogP contribution in [-0.4, -0.2) is 16.2 Å². The molecule has 120 valence electrons. The van der Waals surface area contributed by atoms with E-state index in [0.29, 0.717) is 5.25 Å². The molecular weight excluding hydrogens is 319 g/mol. The Labute approximate surface area is 139 Å². The average molecular weight is 346 g/mol. The topological polar surface area (TPSA) is 29.5 Å². The molecule has 0 aromatic rings. The summed E-state index contributed by atoms with van der Waals surface area (Å²) in [6.45, 7) is 7.73. The van der Waals surface area contributed by atoms with Gasteiger partial charge in [-0.3, -0.25) is 0 Å². The number of rotatable bonds is 4. The molecule has 5 heteroatoms. The lowest BCUT2D eigenvalue weighted by molar-refractivity contribution is 0.248. The highest BCUT2D eigenvalue weighted by molar-refractivity contribution is 8.67. The normalized spacial score (nSPS) is 17.5. The molecule has 2 rings (SSSR count). The Kier molecular flexibility index (Phi) is 12.4. The van der Waals surface area contributed by atoms with Crippen molar-refractivity contribution in [3.63, 3.8) is 0 Å². The van der Waals surface area contributed by atoms with E-state index in [9.17, 15) is 4.89 Å². The van der Waals surface area contributed by atoms with Crippen LogP contribution in [0.2, 0.25) is 0 Å². The highest BCUT2D eigenvalue weighted by Gasteiger charge is 2.17. The summed E-state index contributed by atoms with van der Waals surface area (Å²) in [5.74, 6) is 0. The Hall–Kier alpha value is -0.120. The van der Waals surface area contributed by atoms with Crippen LogP contribution in [0, 0.1) is 0 Å². The first-order chi connectivity index (χ1) is 9.83. The van der Waals surface area contributed by atoms with E-state index in [1.807, 2.05) is 27.7 Å². The summed E-state index contributed by atoms with van der Waals surface area (Å²) in [4.78, 5) is 9.52. The fraction of sp³-hybridized carbons (Fsp3) is 0.500. The van der Waals surface area contributed by atoms with Gasteiger partial charge in [0.05, 0.1) is 6.10 Å². The summed E-state index contributed by atoms with van der Waals surface area (Å²) in [5, 5.41) is 0.324. The van der Waals surface area contributed by atoms with Gasteiger partial charge in [-0.2, -0.15) is 0 Å². The van der Waals surface area contributed by atoms with Crippen molar-refractivity contribution in [1.29, 1.82) is 0 Å². The number of hydrogen-bond donors (Lipinski definition) is 1. The third kappa shape index (κ3) is 16.1. The van der Waals surface area contributed by atoms with Crippen LogP contribution in [0.1, 0.15) is 40.5 Å². The second kappa shape index (κ2) is 12.4. The van der Waals surface area contributed by atoms with Gasteiger partial charge in [-0.15, -0.1) is 0 Å². The molecular formula is C16H27O2PS2. The Morgan fingerprint density at radius 3 is 1.52 bits per heavy atom. The summed E-state index contributed by atoms with van der Waals surface area (Å²) < 4.78 is 5.19. The zero-order chi connectivity index (χ0) is 16.1. The predicted octanol–water partition coefficient (Wildman–Crippen LogP) is 5.77. The van der Waals surface area contributed by atoms with Gasteiger partial charge in [-0.1, -0.05) is 73.8 Å². The zero-order valence-electron chi connectivity index (χ0n) is 13.3. The second-order valence-electron chi connectivity index (χ2n) is 4.96. The maximum Gasteiger partial charge on any atom is 0.245 e. The van der Waals surface area contributed by atoms with Gasteiger partial charge >= 0.3 is 0 Å². The van der Waals surface area contributed by atoms with E-state index in [2.05, 4.69) is 48.6 Å². The molecule has 0 aromatic carbocycles. The second-order valence-corrected chi connectivity index (χ2v) is 11.6. The molecule has 0 bridgehead atoms. The maximum absolute atomic E-state index is 9.52. The fourth-order valence-electron chi connectivity index (χ4n) is 1.34. The van der Waals surface area contributed by atoms with Crippen molar-refractivity contribution < 1.29 is 9.42 Å². The van der Waals surface area contributed by atoms with Crippen molar-refractivity contribution in [2.24, 2.45) is 0 Å². The van der Waals surface area contributed by atoms with Crippen LogP contribution >= 0.6 is 17.1 Å². The molecule has 0 aromatic heterocycles. The van der Waals surface area contributed by atoms with Crippen LogP contribution in [-0.2, 0) is 16.3 Å². The highest BCUT2D eigenvalue weighted by Crippen LogP contribution is 2.58. The zero-order valence-corrected chi connectivity index (χ0v) is 15.8. The molecule has 2 nitrogen and oxygen atoms in total. The molecule has 0 aliphatic heterocycles. The summed E-state index contributed by atoms with van der Waals surface area (Å²) in [6, 6.07) is 0. The van der Waals surface area contributed by atoms with Crippen molar-refractivity contribution >= 4 is 28.9 Å². The molecule has 1 atom stereocenters. The minimum Gasteiger partial charge on any atom is -0.337 e. The summed E-state index contributed by atoms with van der Waals surface area (Å²) in [5.41, 5.74) is -2.55. The largest absolute Gasteiger partial charge is 0.337 e. The minimum atomic E-state index is -2.55. The molecule has 2 aliphatic carbocycles. The fourth-order valence-corrected chi connectivity index (χ4v) is 6.79. The van der Waals surface area contributed by atoms with Gasteiger partial charge in [0.1, 0.15) is 0 Å². The Balaban J connectivity index is 0.000000325. The third-order valence-electron chi connectivity index (χ3n) is 2.00. The Bertz CT molecular complexity index is 368. The lowest BCUT2D eigenvalue weighted by Gasteiger charge is -2.18. The van der Waals surface area contributed by atoms with Crippen molar-refractivity contribution in [3.8, 4) is 0 Å². The molecule has 2 aliphatic rings. The standard InChI is InChI=1S/C6H15O2PS2.2C5H6/c1-5(2)8-9(7,10)11-6(3)4;2*1-2-4-5-3-1/h5-6H,1-4H3,(H,7,10);2*1-4H,5H2. The van der Waals surface area contributed by atoms with Crippen molar-refractivity contribution in [1.82, 2.24) is 0 Å². The molecule has 0 fully saturated rings. The molecule has 21 heavy (non-hydrogen) atoms. The van der Waals surface area contributed by atoms with Gasteiger partial charge in [0.15, 0.2) is 0 Å². The Morgan fingerprint density at radius 1 is 0.952 bits per heavy atom. The smallest absolute Gasteiger partial charge is 0.245 e. The highest BCUT2D eigenvalue weighted by atomic mass is 32.9. The van der Waals surface area contributed by atoms with E-state index in [4.69, 9.17) is 16.3 Å².